The van der Waals surface area contributed by atoms with E-state index in [2.05, 4.69) is 102 Å². The largest absolute Gasteiger partial charge is 0.457 e. The first kappa shape index (κ1) is 19.9. The Labute approximate surface area is 191 Å². The van der Waals surface area contributed by atoms with Gasteiger partial charge in [0.25, 0.3) is 0 Å². The fourth-order valence-electron chi connectivity index (χ4n) is 4.07. The summed E-state index contributed by atoms with van der Waals surface area (Å²) < 4.78 is 9.53. The molecule has 0 radical (unpaired) electrons. The number of aromatic nitrogens is 1. The summed E-state index contributed by atoms with van der Waals surface area (Å²) >= 11 is 3.52. The fraction of sp³-hybridized carbons (Fsp3) is 0.143. The minimum atomic E-state index is 0.0870. The maximum atomic E-state index is 6.19. The summed E-state index contributed by atoms with van der Waals surface area (Å²) in [4.78, 5) is 0. The number of ether oxygens (including phenoxy) is 1. The molecule has 0 spiro atoms. The highest BCUT2D eigenvalue weighted by Gasteiger charge is 2.17. The number of nitrogens with zero attached hydrogens (tertiary/aromatic N) is 1. The molecular formula is C28H24BrNO. The van der Waals surface area contributed by atoms with Gasteiger partial charge in [-0.1, -0.05) is 73.1 Å². The third-order valence-electron chi connectivity index (χ3n) is 5.65. The molecule has 4 aromatic carbocycles. The molecule has 0 aliphatic carbocycles. The molecular weight excluding hydrogens is 446 g/mol. The highest BCUT2D eigenvalue weighted by atomic mass is 79.9. The summed E-state index contributed by atoms with van der Waals surface area (Å²) in [6.07, 6.45) is 0. The number of hydrogen-bond donors (Lipinski definition) is 0. The van der Waals surface area contributed by atoms with E-state index in [4.69, 9.17) is 4.74 Å². The van der Waals surface area contributed by atoms with Gasteiger partial charge in [-0.3, -0.25) is 0 Å². The lowest BCUT2D eigenvalue weighted by molar-refractivity contribution is 0.483. The Balaban J connectivity index is 1.72. The highest BCUT2D eigenvalue weighted by Crippen LogP contribution is 2.36. The summed E-state index contributed by atoms with van der Waals surface area (Å²) in [7, 11) is 0. The topological polar surface area (TPSA) is 14.2 Å². The highest BCUT2D eigenvalue weighted by molar-refractivity contribution is 9.10. The number of para-hydroxylation sites is 1. The van der Waals surface area contributed by atoms with Gasteiger partial charge in [0.15, 0.2) is 0 Å². The molecule has 0 fully saturated rings. The average molecular weight is 470 g/mol. The van der Waals surface area contributed by atoms with E-state index in [0.29, 0.717) is 0 Å². The van der Waals surface area contributed by atoms with Crippen LogP contribution in [0.4, 0.5) is 0 Å². The van der Waals surface area contributed by atoms with Gasteiger partial charge in [-0.05, 0) is 59.5 Å². The van der Waals surface area contributed by atoms with E-state index in [1.807, 2.05) is 30.3 Å². The monoisotopic (exact) mass is 469 g/mol. The number of hydrogen-bond acceptors (Lipinski definition) is 1. The first-order valence-electron chi connectivity index (χ1n) is 10.5. The van der Waals surface area contributed by atoms with Crippen LogP contribution in [0.15, 0.2) is 95.5 Å². The smallest absolute Gasteiger partial charge is 0.129 e. The van der Waals surface area contributed by atoms with Gasteiger partial charge in [0, 0.05) is 27.0 Å². The van der Waals surface area contributed by atoms with Gasteiger partial charge >= 0.3 is 0 Å². The van der Waals surface area contributed by atoms with Crippen LogP contribution in [0.25, 0.3) is 27.5 Å². The maximum absolute atomic E-state index is 6.19. The summed E-state index contributed by atoms with van der Waals surface area (Å²) in [5, 5.41) is 2.46. The van der Waals surface area contributed by atoms with Crippen molar-refractivity contribution in [2.45, 2.75) is 26.2 Å². The molecule has 0 amide bonds. The van der Waals surface area contributed by atoms with Crippen molar-refractivity contribution < 1.29 is 4.74 Å². The van der Waals surface area contributed by atoms with Crippen molar-refractivity contribution in [3.63, 3.8) is 0 Å². The van der Waals surface area contributed by atoms with E-state index in [-0.39, 0.29) is 5.41 Å². The van der Waals surface area contributed by atoms with Crippen LogP contribution >= 0.6 is 15.9 Å². The van der Waals surface area contributed by atoms with Crippen molar-refractivity contribution in [3.05, 3.63) is 101 Å². The molecule has 1 aromatic heterocycles. The molecule has 0 aliphatic heterocycles. The van der Waals surface area contributed by atoms with Crippen molar-refractivity contribution >= 4 is 37.7 Å². The minimum absolute atomic E-state index is 0.0870. The number of fused-ring (bicyclic) bond motifs is 3. The Hall–Kier alpha value is -3.04. The normalized spacial score (nSPS) is 11.9. The van der Waals surface area contributed by atoms with E-state index >= 15 is 0 Å². The van der Waals surface area contributed by atoms with Crippen LogP contribution in [0.2, 0.25) is 0 Å². The van der Waals surface area contributed by atoms with Gasteiger partial charge in [-0.2, -0.15) is 0 Å². The Kier molecular flexibility index (Phi) is 4.86. The van der Waals surface area contributed by atoms with Crippen LogP contribution in [0.1, 0.15) is 26.3 Å². The van der Waals surface area contributed by atoms with Gasteiger partial charge in [0.05, 0.1) is 11.0 Å². The molecule has 5 rings (SSSR count). The third-order valence-corrected chi connectivity index (χ3v) is 6.14. The third kappa shape index (κ3) is 3.75. The summed E-state index contributed by atoms with van der Waals surface area (Å²) in [5.74, 6) is 1.63. The van der Waals surface area contributed by atoms with Crippen LogP contribution in [0.3, 0.4) is 0 Å². The van der Waals surface area contributed by atoms with Gasteiger partial charge in [-0.25, -0.2) is 0 Å². The van der Waals surface area contributed by atoms with E-state index in [1.54, 1.807) is 0 Å². The number of benzene rings is 4. The Morgan fingerprint density at radius 1 is 0.677 bits per heavy atom. The molecule has 0 saturated carbocycles. The van der Waals surface area contributed by atoms with Crippen molar-refractivity contribution in [2.75, 3.05) is 0 Å². The zero-order chi connectivity index (χ0) is 21.6. The molecule has 0 atom stereocenters. The minimum Gasteiger partial charge on any atom is -0.457 e. The standard InChI is InChI=1S/C28H24BrNO/c1-28(2,3)19-8-6-10-21(16-19)30-26-13-5-4-12-24(26)25-15-14-23(18-27(25)30)31-22-11-7-9-20(29)17-22/h4-18H,1-3H3. The SMILES string of the molecule is CC(C)(C)c1cccc(-n2c3ccccc3c3ccc(Oc4cccc(Br)c4)cc32)c1. The average Bonchev–Trinajstić information content (AvgIpc) is 3.07. The maximum Gasteiger partial charge on any atom is 0.129 e. The molecule has 1 heterocycles. The molecule has 5 aromatic rings. The summed E-state index contributed by atoms with van der Waals surface area (Å²) in [5.41, 5.74) is 4.91. The van der Waals surface area contributed by atoms with Crippen LogP contribution < -0.4 is 4.74 Å². The number of halogens is 1. The molecule has 0 N–H and O–H groups in total. The first-order valence-corrected chi connectivity index (χ1v) is 11.3. The van der Waals surface area contributed by atoms with Crippen LogP contribution in [-0.4, -0.2) is 4.57 Å². The second kappa shape index (κ2) is 7.58. The van der Waals surface area contributed by atoms with Crippen LogP contribution in [0.5, 0.6) is 11.5 Å². The summed E-state index contributed by atoms with van der Waals surface area (Å²) in [6.45, 7) is 6.76. The molecule has 0 aliphatic rings. The Morgan fingerprint density at radius 2 is 1.42 bits per heavy atom. The molecule has 0 saturated heterocycles. The number of rotatable bonds is 3. The van der Waals surface area contributed by atoms with Crippen molar-refractivity contribution in [3.8, 4) is 17.2 Å². The first-order chi connectivity index (χ1) is 14.9. The lowest BCUT2D eigenvalue weighted by Crippen LogP contribution is -2.11. The molecule has 154 valence electrons. The van der Waals surface area contributed by atoms with E-state index in [0.717, 1.165) is 21.5 Å². The second-order valence-corrected chi connectivity index (χ2v) is 9.81. The van der Waals surface area contributed by atoms with E-state index in [1.165, 1.54) is 27.5 Å². The predicted octanol–water partition coefficient (Wildman–Crippen LogP) is 8.64. The van der Waals surface area contributed by atoms with E-state index < -0.39 is 0 Å². The lowest BCUT2D eigenvalue weighted by atomic mass is 9.87. The van der Waals surface area contributed by atoms with Crippen molar-refractivity contribution in [1.29, 1.82) is 0 Å². The molecule has 0 unspecified atom stereocenters. The van der Waals surface area contributed by atoms with Crippen molar-refractivity contribution in [2.24, 2.45) is 0 Å². The zero-order valence-electron chi connectivity index (χ0n) is 17.9. The molecule has 31 heavy (non-hydrogen) atoms. The van der Waals surface area contributed by atoms with Gasteiger partial charge in [0.1, 0.15) is 11.5 Å². The Bertz CT molecular complexity index is 1410. The quantitative estimate of drug-likeness (QED) is 0.257. The van der Waals surface area contributed by atoms with E-state index in [9.17, 15) is 0 Å². The lowest BCUT2D eigenvalue weighted by Gasteiger charge is -2.20. The van der Waals surface area contributed by atoms with Gasteiger partial charge in [0.2, 0.25) is 0 Å². The van der Waals surface area contributed by atoms with Crippen LogP contribution in [0, 0.1) is 0 Å². The summed E-state index contributed by atoms with van der Waals surface area (Å²) in [6, 6.07) is 31.7. The molecule has 3 heteroatoms. The van der Waals surface area contributed by atoms with Gasteiger partial charge < -0.3 is 9.30 Å². The van der Waals surface area contributed by atoms with Crippen LogP contribution in [-0.2, 0) is 5.41 Å². The predicted molar refractivity (Wildman–Crippen MR) is 134 cm³/mol. The van der Waals surface area contributed by atoms with Gasteiger partial charge in [-0.15, -0.1) is 0 Å². The van der Waals surface area contributed by atoms with Crippen molar-refractivity contribution in [1.82, 2.24) is 4.57 Å². The molecule has 2 nitrogen and oxygen atoms in total. The Morgan fingerprint density at radius 3 is 2.23 bits per heavy atom. The second-order valence-electron chi connectivity index (χ2n) is 8.89. The fourth-order valence-corrected chi connectivity index (χ4v) is 4.45. The zero-order valence-corrected chi connectivity index (χ0v) is 19.5. The molecule has 0 bridgehead atoms.